The minimum atomic E-state index is -0.490. The van der Waals surface area contributed by atoms with Crippen molar-refractivity contribution in [1.29, 1.82) is 0 Å². The summed E-state index contributed by atoms with van der Waals surface area (Å²) in [6.07, 6.45) is 0. The predicted molar refractivity (Wildman–Crippen MR) is 89.6 cm³/mol. The lowest BCUT2D eigenvalue weighted by molar-refractivity contribution is -0.136. The Labute approximate surface area is 142 Å². The Morgan fingerprint density at radius 2 is 2.14 bits per heavy atom. The van der Waals surface area contributed by atoms with Gasteiger partial charge in [-0.15, -0.1) is 0 Å². The van der Waals surface area contributed by atoms with Crippen LogP contribution < -0.4 is 10.6 Å². The van der Waals surface area contributed by atoms with E-state index in [0.717, 1.165) is 5.56 Å². The van der Waals surface area contributed by atoms with Gasteiger partial charge in [-0.1, -0.05) is 19.9 Å². The summed E-state index contributed by atoms with van der Waals surface area (Å²) in [7, 11) is 1.33. The molecule has 0 unspecified atom stereocenters. The van der Waals surface area contributed by atoms with Crippen molar-refractivity contribution in [3.05, 3.63) is 45.3 Å². The van der Waals surface area contributed by atoms with Crippen molar-refractivity contribution in [3.8, 4) is 0 Å². The van der Waals surface area contributed by atoms with Gasteiger partial charge in [0.25, 0.3) is 0 Å². The zero-order valence-corrected chi connectivity index (χ0v) is 14.8. The van der Waals surface area contributed by atoms with Gasteiger partial charge >= 0.3 is 5.97 Å². The Morgan fingerprint density at radius 1 is 1.45 bits per heavy atom. The summed E-state index contributed by atoms with van der Waals surface area (Å²) in [5.41, 5.74) is 1.88. The number of ether oxygens (including phenoxy) is 1. The number of rotatable bonds is 3. The van der Waals surface area contributed by atoms with Gasteiger partial charge in [-0.05, 0) is 51.8 Å². The number of hydrogen-bond donors (Lipinski definition) is 2. The first-order chi connectivity index (χ1) is 10.3. The third-order valence-electron chi connectivity index (χ3n) is 3.36. The van der Waals surface area contributed by atoms with E-state index >= 15 is 0 Å². The fourth-order valence-corrected chi connectivity index (χ4v) is 2.94. The first-order valence-electron chi connectivity index (χ1n) is 6.70. The van der Waals surface area contributed by atoms with E-state index in [4.69, 9.17) is 17.0 Å². The van der Waals surface area contributed by atoms with Crippen molar-refractivity contribution in [2.24, 2.45) is 5.92 Å². The van der Waals surface area contributed by atoms with E-state index in [0.29, 0.717) is 20.9 Å². The van der Waals surface area contributed by atoms with Gasteiger partial charge in [0.15, 0.2) is 5.11 Å². The quantitative estimate of drug-likeness (QED) is 0.616. The van der Waals surface area contributed by atoms with Crippen LogP contribution in [0.2, 0.25) is 0 Å². The SMILES string of the molecule is COC(=O)C1=C(C(C)C)NC(=S)N[C@@H]1c1ccc(F)c(Br)c1. The number of methoxy groups -OCH3 is 1. The van der Waals surface area contributed by atoms with E-state index < -0.39 is 12.0 Å². The molecule has 1 aliphatic rings. The van der Waals surface area contributed by atoms with Crippen LogP contribution in [0.25, 0.3) is 0 Å². The fraction of sp³-hybridized carbons (Fsp3) is 0.333. The molecule has 0 fully saturated rings. The molecule has 0 aliphatic carbocycles. The third kappa shape index (κ3) is 3.30. The third-order valence-corrected chi connectivity index (χ3v) is 4.19. The molecule has 1 atom stereocenters. The Kier molecular flexibility index (Phi) is 5.18. The van der Waals surface area contributed by atoms with Gasteiger partial charge in [0.2, 0.25) is 0 Å². The summed E-state index contributed by atoms with van der Waals surface area (Å²) in [5.74, 6) is -0.759. The van der Waals surface area contributed by atoms with E-state index in [1.807, 2.05) is 13.8 Å². The molecule has 1 heterocycles. The predicted octanol–water partition coefficient (Wildman–Crippen LogP) is 3.19. The first kappa shape index (κ1) is 16.9. The molecule has 0 saturated carbocycles. The normalized spacial score (nSPS) is 18.1. The molecule has 1 aromatic carbocycles. The van der Waals surface area contributed by atoms with Crippen molar-refractivity contribution >= 4 is 39.2 Å². The maximum Gasteiger partial charge on any atom is 0.337 e. The highest BCUT2D eigenvalue weighted by molar-refractivity contribution is 9.10. The van der Waals surface area contributed by atoms with Gasteiger partial charge in [-0.25, -0.2) is 9.18 Å². The van der Waals surface area contributed by atoms with E-state index in [2.05, 4.69) is 26.6 Å². The summed E-state index contributed by atoms with van der Waals surface area (Å²) < 4.78 is 18.7. The van der Waals surface area contributed by atoms with Crippen LogP contribution in [0.3, 0.4) is 0 Å². The monoisotopic (exact) mass is 386 g/mol. The largest absolute Gasteiger partial charge is 0.466 e. The van der Waals surface area contributed by atoms with E-state index in [1.54, 1.807) is 12.1 Å². The van der Waals surface area contributed by atoms with Crippen LogP contribution in [-0.2, 0) is 9.53 Å². The molecule has 1 aromatic rings. The van der Waals surface area contributed by atoms with Gasteiger partial charge in [0.1, 0.15) is 5.82 Å². The van der Waals surface area contributed by atoms with Crippen molar-refractivity contribution in [3.63, 3.8) is 0 Å². The standard InChI is InChI=1S/C15H16BrFN2O2S/c1-7(2)12-11(14(20)21-3)13(19-15(22)18-12)8-4-5-10(17)9(16)6-8/h4-7,13H,1-3H3,(H2,18,19,22)/t13-/m1/s1. The van der Waals surface area contributed by atoms with Crippen LogP contribution in [0.1, 0.15) is 25.5 Å². The van der Waals surface area contributed by atoms with Crippen LogP contribution in [0.15, 0.2) is 33.9 Å². The maximum atomic E-state index is 13.5. The van der Waals surface area contributed by atoms with Gasteiger partial charge in [-0.2, -0.15) is 0 Å². The second-order valence-electron chi connectivity index (χ2n) is 5.18. The van der Waals surface area contributed by atoms with Gasteiger partial charge in [-0.3, -0.25) is 0 Å². The molecule has 0 spiro atoms. The Bertz CT molecular complexity index is 661. The van der Waals surface area contributed by atoms with Gasteiger partial charge in [0.05, 0.1) is 23.2 Å². The molecule has 0 amide bonds. The molecule has 0 saturated heterocycles. The molecule has 2 N–H and O–H groups in total. The molecule has 0 aromatic heterocycles. The van der Waals surface area contributed by atoms with Crippen molar-refractivity contribution in [2.45, 2.75) is 19.9 Å². The zero-order valence-electron chi connectivity index (χ0n) is 12.4. The number of halogens is 2. The number of carbonyl (C=O) groups excluding carboxylic acids is 1. The highest BCUT2D eigenvalue weighted by Crippen LogP contribution is 2.32. The van der Waals surface area contributed by atoms with Crippen molar-refractivity contribution in [2.75, 3.05) is 7.11 Å². The lowest BCUT2D eigenvalue weighted by Crippen LogP contribution is -2.46. The maximum absolute atomic E-state index is 13.5. The van der Waals surface area contributed by atoms with E-state index in [1.165, 1.54) is 13.2 Å². The fourth-order valence-electron chi connectivity index (χ4n) is 2.32. The summed E-state index contributed by atoms with van der Waals surface area (Å²) >= 11 is 8.38. The molecule has 2 rings (SSSR count). The first-order valence-corrected chi connectivity index (χ1v) is 7.90. The molecule has 4 nitrogen and oxygen atoms in total. The van der Waals surface area contributed by atoms with Crippen molar-refractivity contribution in [1.82, 2.24) is 10.6 Å². The molecule has 7 heteroatoms. The van der Waals surface area contributed by atoms with E-state index in [9.17, 15) is 9.18 Å². The number of thiocarbonyl (C=S) groups is 1. The number of benzene rings is 1. The zero-order chi connectivity index (χ0) is 16.4. The molecule has 118 valence electrons. The van der Waals surface area contributed by atoms with Crippen LogP contribution in [0.5, 0.6) is 0 Å². The highest BCUT2D eigenvalue weighted by Gasteiger charge is 2.33. The molecule has 0 bridgehead atoms. The summed E-state index contributed by atoms with van der Waals surface area (Å²) in [4.78, 5) is 12.2. The average Bonchev–Trinajstić information content (AvgIpc) is 2.48. The van der Waals surface area contributed by atoms with Crippen molar-refractivity contribution < 1.29 is 13.9 Å². The number of nitrogens with one attached hydrogen (secondary N) is 2. The number of allylic oxidation sites excluding steroid dienone is 1. The second kappa shape index (κ2) is 6.75. The Balaban J connectivity index is 2.59. The van der Waals surface area contributed by atoms with Gasteiger partial charge < -0.3 is 15.4 Å². The number of carbonyl (C=O) groups is 1. The summed E-state index contributed by atoms with van der Waals surface area (Å²) in [6.45, 7) is 3.91. The van der Waals surface area contributed by atoms with Crippen LogP contribution in [-0.4, -0.2) is 18.2 Å². The van der Waals surface area contributed by atoms with Gasteiger partial charge in [0, 0.05) is 5.70 Å². The lowest BCUT2D eigenvalue weighted by atomic mass is 9.91. The minimum absolute atomic E-state index is 0.0561. The summed E-state index contributed by atoms with van der Waals surface area (Å²) in [5, 5.41) is 6.49. The Hall–Kier alpha value is -1.47. The summed E-state index contributed by atoms with van der Waals surface area (Å²) in [6, 6.07) is 4.10. The minimum Gasteiger partial charge on any atom is -0.466 e. The highest BCUT2D eigenvalue weighted by atomic mass is 79.9. The van der Waals surface area contributed by atoms with Crippen LogP contribution in [0, 0.1) is 11.7 Å². The smallest absolute Gasteiger partial charge is 0.337 e. The molecular formula is C15H16BrFN2O2S. The van der Waals surface area contributed by atoms with Crippen LogP contribution >= 0.6 is 28.1 Å². The van der Waals surface area contributed by atoms with E-state index in [-0.39, 0.29) is 11.7 Å². The molecular weight excluding hydrogens is 371 g/mol. The number of esters is 1. The van der Waals surface area contributed by atoms with Crippen LogP contribution in [0.4, 0.5) is 4.39 Å². The number of hydrogen-bond acceptors (Lipinski definition) is 3. The second-order valence-corrected chi connectivity index (χ2v) is 6.44. The Morgan fingerprint density at radius 3 is 2.68 bits per heavy atom. The average molecular weight is 387 g/mol. The topological polar surface area (TPSA) is 50.4 Å². The molecule has 0 radical (unpaired) electrons. The molecule has 1 aliphatic heterocycles. The molecule has 22 heavy (non-hydrogen) atoms. The lowest BCUT2D eigenvalue weighted by Gasteiger charge is -2.32.